The molecule has 2 nitrogen and oxygen atoms in total. The molecule has 0 aliphatic carbocycles. The van der Waals surface area contributed by atoms with Crippen LogP contribution >= 0.6 is 11.6 Å². The fourth-order valence-electron chi connectivity index (χ4n) is 2.27. The summed E-state index contributed by atoms with van der Waals surface area (Å²) < 4.78 is 0. The molecule has 1 atom stereocenters. The Morgan fingerprint density at radius 3 is 2.74 bits per heavy atom. The fourth-order valence-corrected chi connectivity index (χ4v) is 2.44. The van der Waals surface area contributed by atoms with Gasteiger partial charge in [-0.1, -0.05) is 41.9 Å². The van der Waals surface area contributed by atoms with Gasteiger partial charge >= 0.3 is 0 Å². The molecular formula is C16H15ClN2. The fraction of sp³-hybridized carbons (Fsp3) is 0.188. The molecule has 96 valence electrons. The Morgan fingerprint density at radius 2 is 1.95 bits per heavy atom. The largest absolute Gasteiger partial charge is 0.351 e. The van der Waals surface area contributed by atoms with Crippen LogP contribution in [0.3, 0.4) is 0 Å². The average molecular weight is 271 g/mol. The predicted molar refractivity (Wildman–Crippen MR) is 78.1 cm³/mol. The van der Waals surface area contributed by atoms with Crippen LogP contribution in [0.4, 0.5) is 0 Å². The molecule has 0 spiro atoms. The van der Waals surface area contributed by atoms with E-state index in [0.717, 1.165) is 22.1 Å². The van der Waals surface area contributed by atoms with Crippen LogP contribution in [-0.2, 0) is 6.54 Å². The molecule has 0 amide bonds. The average Bonchev–Trinajstić information content (AvgIpc) is 2.41. The van der Waals surface area contributed by atoms with Gasteiger partial charge in [0.2, 0.25) is 0 Å². The summed E-state index contributed by atoms with van der Waals surface area (Å²) in [7, 11) is 0. The van der Waals surface area contributed by atoms with Gasteiger partial charge in [0.25, 0.3) is 0 Å². The highest BCUT2D eigenvalue weighted by Crippen LogP contribution is 2.11. The van der Waals surface area contributed by atoms with Crippen molar-refractivity contribution in [3.63, 3.8) is 0 Å². The molecule has 1 aliphatic rings. The summed E-state index contributed by atoms with van der Waals surface area (Å²) in [5.74, 6) is 0. The number of halogens is 1. The van der Waals surface area contributed by atoms with Gasteiger partial charge in [0.15, 0.2) is 0 Å². The lowest BCUT2D eigenvalue weighted by Crippen LogP contribution is -2.40. The van der Waals surface area contributed by atoms with Gasteiger partial charge in [-0.2, -0.15) is 0 Å². The van der Waals surface area contributed by atoms with E-state index in [1.54, 1.807) is 0 Å². The summed E-state index contributed by atoms with van der Waals surface area (Å²) in [4.78, 5) is 6.94. The smallest absolute Gasteiger partial charge is 0.118 e. The maximum absolute atomic E-state index is 6.00. The van der Waals surface area contributed by atoms with Crippen LogP contribution in [0.5, 0.6) is 0 Å². The van der Waals surface area contributed by atoms with Gasteiger partial charge in [0, 0.05) is 23.0 Å². The van der Waals surface area contributed by atoms with Crippen LogP contribution < -0.4 is 10.6 Å². The lowest BCUT2D eigenvalue weighted by atomic mass is 10.2. The molecule has 0 N–H and O–H groups in total. The first-order chi connectivity index (χ1) is 9.22. The lowest BCUT2D eigenvalue weighted by molar-refractivity contribution is 0.313. The summed E-state index contributed by atoms with van der Waals surface area (Å²) in [6.07, 6.45) is 2.29. The number of nitrogens with zero attached hydrogens (tertiary/aromatic N) is 2. The van der Waals surface area contributed by atoms with Crippen LogP contribution in [-0.4, -0.2) is 11.1 Å². The first-order valence-electron chi connectivity index (χ1n) is 6.37. The Labute approximate surface area is 117 Å². The third-order valence-corrected chi connectivity index (χ3v) is 3.55. The zero-order valence-electron chi connectivity index (χ0n) is 10.8. The monoisotopic (exact) mass is 270 g/mol. The molecule has 0 aromatic heterocycles. The Kier molecular flexibility index (Phi) is 3.26. The van der Waals surface area contributed by atoms with Crippen LogP contribution in [0.1, 0.15) is 12.5 Å². The van der Waals surface area contributed by atoms with Crippen molar-refractivity contribution < 1.29 is 0 Å². The molecule has 0 bridgehead atoms. The van der Waals surface area contributed by atoms with Gasteiger partial charge in [0.05, 0.1) is 5.36 Å². The van der Waals surface area contributed by atoms with Crippen LogP contribution in [0, 0.1) is 0 Å². The van der Waals surface area contributed by atoms with Crippen molar-refractivity contribution in [1.29, 1.82) is 0 Å². The number of hydrogen-bond acceptors (Lipinski definition) is 2. The van der Waals surface area contributed by atoms with E-state index in [2.05, 4.69) is 42.3 Å². The van der Waals surface area contributed by atoms with Gasteiger partial charge in [-0.05, 0) is 30.7 Å². The maximum atomic E-state index is 6.00. The van der Waals surface area contributed by atoms with E-state index < -0.39 is 0 Å². The highest BCUT2D eigenvalue weighted by atomic mass is 35.5. The molecule has 0 saturated heterocycles. The van der Waals surface area contributed by atoms with Crippen LogP contribution in [0.15, 0.2) is 53.5 Å². The molecule has 1 heterocycles. The highest BCUT2D eigenvalue weighted by molar-refractivity contribution is 6.30. The van der Waals surface area contributed by atoms with E-state index in [1.165, 1.54) is 5.56 Å². The first kappa shape index (κ1) is 12.2. The van der Waals surface area contributed by atoms with Crippen LogP contribution in [0.25, 0.3) is 6.20 Å². The van der Waals surface area contributed by atoms with E-state index in [1.807, 2.05) is 24.3 Å². The quantitative estimate of drug-likeness (QED) is 0.819. The summed E-state index contributed by atoms with van der Waals surface area (Å²) >= 11 is 6.00. The Morgan fingerprint density at radius 1 is 1.16 bits per heavy atom. The predicted octanol–water partition coefficient (Wildman–Crippen LogP) is 2.56. The second-order valence-corrected chi connectivity index (χ2v) is 5.19. The molecule has 1 unspecified atom stereocenters. The second-order valence-electron chi connectivity index (χ2n) is 4.75. The first-order valence-corrected chi connectivity index (χ1v) is 6.75. The van der Waals surface area contributed by atoms with E-state index in [4.69, 9.17) is 16.6 Å². The molecule has 1 aliphatic heterocycles. The van der Waals surface area contributed by atoms with Crippen molar-refractivity contribution in [2.24, 2.45) is 4.99 Å². The van der Waals surface area contributed by atoms with Crippen molar-refractivity contribution in [2.45, 2.75) is 19.6 Å². The Bertz CT molecular complexity index is 694. The number of benzene rings is 2. The molecule has 19 heavy (non-hydrogen) atoms. The van der Waals surface area contributed by atoms with Crippen molar-refractivity contribution in [2.75, 3.05) is 0 Å². The van der Waals surface area contributed by atoms with Crippen molar-refractivity contribution in [1.82, 2.24) is 4.90 Å². The summed E-state index contributed by atoms with van der Waals surface area (Å²) in [5, 5.41) is 2.84. The number of fused-ring (bicyclic) bond motifs is 1. The van der Waals surface area contributed by atoms with Gasteiger partial charge in [-0.25, -0.2) is 0 Å². The third kappa shape index (κ3) is 2.64. The van der Waals surface area contributed by atoms with Gasteiger partial charge in [0.1, 0.15) is 6.17 Å². The zero-order valence-corrected chi connectivity index (χ0v) is 11.5. The second kappa shape index (κ2) is 5.06. The van der Waals surface area contributed by atoms with E-state index in [-0.39, 0.29) is 6.17 Å². The van der Waals surface area contributed by atoms with Gasteiger partial charge in [-0.15, -0.1) is 0 Å². The number of hydrogen-bond donors (Lipinski definition) is 0. The minimum atomic E-state index is 0.131. The topological polar surface area (TPSA) is 15.6 Å². The SMILES string of the molecule is CC1N=c2cc(Cl)ccc2=CN1Cc1ccccc1. The summed E-state index contributed by atoms with van der Waals surface area (Å²) in [6.45, 7) is 2.97. The van der Waals surface area contributed by atoms with Crippen molar-refractivity contribution in [3.05, 3.63) is 69.7 Å². The maximum Gasteiger partial charge on any atom is 0.118 e. The Hall–Kier alpha value is -1.80. The molecule has 3 heteroatoms. The van der Waals surface area contributed by atoms with Gasteiger partial charge in [-0.3, -0.25) is 4.99 Å². The Balaban J connectivity index is 1.95. The molecule has 0 saturated carbocycles. The van der Waals surface area contributed by atoms with E-state index >= 15 is 0 Å². The number of rotatable bonds is 2. The van der Waals surface area contributed by atoms with Crippen molar-refractivity contribution >= 4 is 17.8 Å². The molecule has 2 aromatic carbocycles. The summed E-state index contributed by atoms with van der Waals surface area (Å²) in [6, 6.07) is 16.3. The molecule has 3 rings (SSSR count). The lowest BCUT2D eigenvalue weighted by Gasteiger charge is -2.27. The van der Waals surface area contributed by atoms with E-state index in [9.17, 15) is 0 Å². The molecular weight excluding hydrogens is 256 g/mol. The molecule has 0 radical (unpaired) electrons. The highest BCUT2D eigenvalue weighted by Gasteiger charge is 2.12. The van der Waals surface area contributed by atoms with E-state index in [0.29, 0.717) is 0 Å². The van der Waals surface area contributed by atoms with Gasteiger partial charge < -0.3 is 4.90 Å². The minimum absolute atomic E-state index is 0.131. The summed E-state index contributed by atoms with van der Waals surface area (Å²) in [5.41, 5.74) is 1.29. The van der Waals surface area contributed by atoms with Crippen molar-refractivity contribution in [3.8, 4) is 0 Å². The van der Waals surface area contributed by atoms with Crippen LogP contribution in [0.2, 0.25) is 5.02 Å². The standard InChI is InChI=1S/C16H15ClN2/c1-12-18-16-9-15(17)8-7-14(16)11-19(12)10-13-5-3-2-4-6-13/h2-9,11-12H,10H2,1H3. The normalized spacial score (nSPS) is 17.4. The molecule has 2 aromatic rings. The molecule has 0 fully saturated rings. The minimum Gasteiger partial charge on any atom is -0.351 e. The third-order valence-electron chi connectivity index (χ3n) is 3.31. The zero-order chi connectivity index (χ0) is 13.2.